The van der Waals surface area contributed by atoms with Gasteiger partial charge in [0.25, 0.3) is 0 Å². The molecule has 3 rings (SSSR count). The lowest BCUT2D eigenvalue weighted by molar-refractivity contribution is 0.172. The van der Waals surface area contributed by atoms with Gasteiger partial charge in [0.05, 0.1) is 0 Å². The molecule has 2 heterocycles. The fraction of sp³-hybridized carbons (Fsp3) is 0.438. The summed E-state index contributed by atoms with van der Waals surface area (Å²) in [6.45, 7) is 4.11. The van der Waals surface area contributed by atoms with Gasteiger partial charge in [-0.05, 0) is 36.4 Å². The fourth-order valence-electron chi connectivity index (χ4n) is 2.43. The lowest BCUT2D eigenvalue weighted by Crippen LogP contribution is -2.22. The Labute approximate surface area is 124 Å². The van der Waals surface area contributed by atoms with Crippen molar-refractivity contribution in [2.75, 3.05) is 25.1 Å². The van der Waals surface area contributed by atoms with Gasteiger partial charge in [0.1, 0.15) is 19.0 Å². The van der Waals surface area contributed by atoms with Gasteiger partial charge in [-0.25, -0.2) is 4.98 Å². The maximum Gasteiger partial charge on any atom is 0.162 e. The molecule has 1 aromatic heterocycles. The Balaban J connectivity index is 1.85. The number of rotatable bonds is 5. The quantitative estimate of drug-likeness (QED) is 0.884. The first-order chi connectivity index (χ1) is 10.3. The second kappa shape index (κ2) is 6.18. The molecule has 0 saturated carbocycles. The minimum Gasteiger partial charge on any atom is -0.486 e. The lowest BCUT2D eigenvalue weighted by Gasteiger charge is -2.19. The van der Waals surface area contributed by atoms with Gasteiger partial charge >= 0.3 is 0 Å². The van der Waals surface area contributed by atoms with Crippen LogP contribution >= 0.6 is 0 Å². The van der Waals surface area contributed by atoms with Gasteiger partial charge in [0.2, 0.25) is 0 Å². The van der Waals surface area contributed by atoms with Gasteiger partial charge in [0.15, 0.2) is 11.5 Å². The fourth-order valence-corrected chi connectivity index (χ4v) is 2.43. The lowest BCUT2D eigenvalue weighted by atomic mass is 10.1. The first kappa shape index (κ1) is 13.9. The van der Waals surface area contributed by atoms with E-state index in [4.69, 9.17) is 15.2 Å². The number of hydrogen-bond donors (Lipinski definition) is 2. The van der Waals surface area contributed by atoms with E-state index in [1.165, 1.54) is 0 Å². The molecule has 2 aromatic rings. The minimum atomic E-state index is 0.233. The Hall–Kier alpha value is -2.01. The highest BCUT2D eigenvalue weighted by molar-refractivity contribution is 5.94. The van der Waals surface area contributed by atoms with E-state index in [2.05, 4.69) is 17.2 Å². The highest BCUT2D eigenvalue weighted by Crippen LogP contribution is 2.36. The molecule has 1 aliphatic heterocycles. The van der Waals surface area contributed by atoms with E-state index < -0.39 is 0 Å². The largest absolute Gasteiger partial charge is 0.486 e. The summed E-state index contributed by atoms with van der Waals surface area (Å²) >= 11 is 0. The van der Waals surface area contributed by atoms with Crippen LogP contribution in [0.25, 0.3) is 10.8 Å². The number of pyridine rings is 1. The number of fused-ring (bicyclic) bond motifs is 2. The van der Waals surface area contributed by atoms with Crippen LogP contribution in [0.2, 0.25) is 0 Å². The van der Waals surface area contributed by atoms with Crippen LogP contribution in [0.1, 0.15) is 19.8 Å². The van der Waals surface area contributed by atoms with Gasteiger partial charge in [-0.1, -0.05) is 6.92 Å². The van der Waals surface area contributed by atoms with Crippen molar-refractivity contribution in [1.29, 1.82) is 0 Å². The smallest absolute Gasteiger partial charge is 0.162 e. The second-order valence-electron chi connectivity index (χ2n) is 5.26. The van der Waals surface area contributed by atoms with E-state index >= 15 is 0 Å². The predicted molar refractivity (Wildman–Crippen MR) is 84.1 cm³/mol. The maximum absolute atomic E-state index is 5.94. The summed E-state index contributed by atoms with van der Waals surface area (Å²) < 4.78 is 11.3. The summed E-state index contributed by atoms with van der Waals surface area (Å²) in [5.41, 5.74) is 5.94. The van der Waals surface area contributed by atoms with Gasteiger partial charge in [-0.15, -0.1) is 0 Å². The van der Waals surface area contributed by atoms with Gasteiger partial charge < -0.3 is 20.5 Å². The molecule has 0 saturated heterocycles. The molecule has 1 unspecified atom stereocenters. The summed E-state index contributed by atoms with van der Waals surface area (Å²) in [5, 5.41) is 5.51. The van der Waals surface area contributed by atoms with Crippen LogP contribution in [-0.2, 0) is 0 Å². The zero-order valence-corrected chi connectivity index (χ0v) is 12.3. The monoisotopic (exact) mass is 287 g/mol. The third-order valence-corrected chi connectivity index (χ3v) is 3.76. The zero-order chi connectivity index (χ0) is 14.7. The zero-order valence-electron chi connectivity index (χ0n) is 12.3. The molecule has 0 radical (unpaired) electrons. The highest BCUT2D eigenvalue weighted by Gasteiger charge is 2.14. The number of nitrogens with zero attached hydrogens (tertiary/aromatic N) is 1. The van der Waals surface area contributed by atoms with Crippen molar-refractivity contribution < 1.29 is 9.47 Å². The Morgan fingerprint density at radius 3 is 2.81 bits per heavy atom. The molecule has 0 fully saturated rings. The molecule has 112 valence electrons. The van der Waals surface area contributed by atoms with Crippen LogP contribution in [0.4, 0.5) is 5.82 Å². The van der Waals surface area contributed by atoms with E-state index in [1.807, 2.05) is 18.2 Å². The molecule has 1 aromatic carbocycles. The van der Waals surface area contributed by atoms with Crippen molar-refractivity contribution in [2.45, 2.75) is 25.8 Å². The van der Waals surface area contributed by atoms with Crippen molar-refractivity contribution in [3.8, 4) is 11.5 Å². The SMILES string of the molecule is CCC(N)CCNc1nccc2cc3c(cc12)OCCO3. The van der Waals surface area contributed by atoms with Gasteiger partial charge in [-0.3, -0.25) is 0 Å². The predicted octanol–water partition coefficient (Wildman–Crippen LogP) is 2.55. The molecule has 0 bridgehead atoms. The summed E-state index contributed by atoms with van der Waals surface area (Å²) in [5.74, 6) is 2.46. The first-order valence-electron chi connectivity index (χ1n) is 7.45. The molecule has 0 aliphatic carbocycles. The highest BCUT2D eigenvalue weighted by atomic mass is 16.6. The summed E-state index contributed by atoms with van der Waals surface area (Å²) in [7, 11) is 0. The Morgan fingerprint density at radius 2 is 2.05 bits per heavy atom. The molecule has 0 spiro atoms. The average Bonchev–Trinajstić information content (AvgIpc) is 2.53. The van der Waals surface area contributed by atoms with Crippen LogP contribution in [0.3, 0.4) is 0 Å². The minimum absolute atomic E-state index is 0.233. The Bertz CT molecular complexity index is 630. The molecule has 1 atom stereocenters. The third-order valence-electron chi connectivity index (χ3n) is 3.76. The van der Waals surface area contributed by atoms with Crippen molar-refractivity contribution >= 4 is 16.6 Å². The molecule has 3 N–H and O–H groups in total. The summed E-state index contributed by atoms with van der Waals surface area (Å²) in [6.07, 6.45) is 3.73. The topological polar surface area (TPSA) is 69.4 Å². The maximum atomic E-state index is 5.94. The van der Waals surface area contributed by atoms with Crippen molar-refractivity contribution in [3.05, 3.63) is 24.4 Å². The van der Waals surface area contributed by atoms with Crippen LogP contribution in [0, 0.1) is 0 Å². The van der Waals surface area contributed by atoms with Crippen LogP contribution in [0.15, 0.2) is 24.4 Å². The Kier molecular flexibility index (Phi) is 4.10. The van der Waals surface area contributed by atoms with Crippen molar-refractivity contribution in [1.82, 2.24) is 4.98 Å². The number of ether oxygens (including phenoxy) is 2. The van der Waals surface area contributed by atoms with E-state index in [-0.39, 0.29) is 6.04 Å². The molecule has 5 heteroatoms. The normalized spacial score (nSPS) is 15.0. The van der Waals surface area contributed by atoms with Gasteiger partial charge in [0, 0.05) is 24.2 Å². The second-order valence-corrected chi connectivity index (χ2v) is 5.26. The molecule has 21 heavy (non-hydrogen) atoms. The summed E-state index contributed by atoms with van der Waals surface area (Å²) in [4.78, 5) is 4.43. The molecule has 0 amide bonds. The molecule has 5 nitrogen and oxygen atoms in total. The van der Waals surface area contributed by atoms with Crippen molar-refractivity contribution in [3.63, 3.8) is 0 Å². The number of aromatic nitrogens is 1. The van der Waals surface area contributed by atoms with Crippen LogP contribution in [-0.4, -0.2) is 30.8 Å². The molecular formula is C16H21N3O2. The van der Waals surface area contributed by atoms with E-state index in [0.29, 0.717) is 13.2 Å². The molecule has 1 aliphatic rings. The molecular weight excluding hydrogens is 266 g/mol. The van der Waals surface area contributed by atoms with E-state index in [9.17, 15) is 0 Å². The average molecular weight is 287 g/mol. The van der Waals surface area contributed by atoms with Crippen molar-refractivity contribution in [2.24, 2.45) is 5.73 Å². The third kappa shape index (κ3) is 3.03. The van der Waals surface area contributed by atoms with Crippen LogP contribution < -0.4 is 20.5 Å². The van der Waals surface area contributed by atoms with E-state index in [1.54, 1.807) is 6.20 Å². The number of anilines is 1. The first-order valence-corrected chi connectivity index (χ1v) is 7.45. The van der Waals surface area contributed by atoms with Crippen LogP contribution in [0.5, 0.6) is 11.5 Å². The number of nitrogens with two attached hydrogens (primary N) is 1. The number of hydrogen-bond acceptors (Lipinski definition) is 5. The number of benzene rings is 1. The Morgan fingerprint density at radius 1 is 1.29 bits per heavy atom. The van der Waals surface area contributed by atoms with Gasteiger partial charge in [-0.2, -0.15) is 0 Å². The summed E-state index contributed by atoms with van der Waals surface area (Å²) in [6, 6.07) is 6.22. The van der Waals surface area contributed by atoms with E-state index in [0.717, 1.165) is 47.5 Å². The number of nitrogens with one attached hydrogen (secondary N) is 1. The standard InChI is InChI=1S/C16H21N3O2/c1-2-12(17)4-6-19-16-13-10-15-14(20-7-8-21-15)9-11(13)3-5-18-16/h3,5,9-10,12H,2,4,6-8,17H2,1H3,(H,18,19).